The molecule has 0 bridgehead atoms. The van der Waals surface area contributed by atoms with Gasteiger partial charge in [0.25, 0.3) is 0 Å². The molecule has 176 valence electrons. The molecule has 2 aromatic carbocycles. The molecule has 0 aliphatic heterocycles. The van der Waals surface area contributed by atoms with Crippen LogP contribution in [0.2, 0.25) is 0 Å². The summed E-state index contributed by atoms with van der Waals surface area (Å²) in [4.78, 5) is 16.3. The number of benzene rings is 2. The number of para-hydroxylation sites is 1. The van der Waals surface area contributed by atoms with Crippen LogP contribution in [0.1, 0.15) is 33.4 Å². The summed E-state index contributed by atoms with van der Waals surface area (Å²) in [5.41, 5.74) is 0.702. The number of halogens is 3. The maximum atomic E-state index is 13.5. The molecule has 4 aromatic rings. The van der Waals surface area contributed by atoms with Crippen molar-refractivity contribution in [2.24, 2.45) is 0 Å². The van der Waals surface area contributed by atoms with Crippen LogP contribution >= 0.6 is 11.3 Å². The molecule has 0 atom stereocenters. The Morgan fingerprint density at radius 3 is 2.68 bits per heavy atom. The molecule has 2 heterocycles. The van der Waals surface area contributed by atoms with Gasteiger partial charge in [0, 0.05) is 17.1 Å². The molecule has 0 aliphatic rings. The number of rotatable bonds is 8. The summed E-state index contributed by atoms with van der Waals surface area (Å²) in [5, 5.41) is 6.46. The molecule has 0 unspecified atom stereocenters. The van der Waals surface area contributed by atoms with Crippen molar-refractivity contribution in [2.45, 2.75) is 26.3 Å². The zero-order chi connectivity index (χ0) is 24.1. The van der Waals surface area contributed by atoms with Crippen molar-refractivity contribution < 1.29 is 27.4 Å². The Kier molecular flexibility index (Phi) is 6.97. The van der Waals surface area contributed by atoms with Gasteiger partial charge in [-0.15, -0.1) is 11.3 Å². The molecule has 4 rings (SSSR count). The van der Waals surface area contributed by atoms with Gasteiger partial charge in [0.05, 0.1) is 36.2 Å². The fourth-order valence-electron chi connectivity index (χ4n) is 3.19. The summed E-state index contributed by atoms with van der Waals surface area (Å²) in [6.07, 6.45) is -1.56. The van der Waals surface area contributed by atoms with E-state index in [9.17, 15) is 18.0 Å². The highest BCUT2D eigenvalue weighted by Gasteiger charge is 2.31. The second kappa shape index (κ2) is 10.1. The molecule has 34 heavy (non-hydrogen) atoms. The highest BCUT2D eigenvalue weighted by atomic mass is 32.1. The van der Waals surface area contributed by atoms with Gasteiger partial charge < -0.3 is 9.47 Å². The van der Waals surface area contributed by atoms with Crippen molar-refractivity contribution in [1.82, 2.24) is 14.8 Å². The molecule has 10 heteroatoms. The third-order valence-electron chi connectivity index (χ3n) is 4.76. The van der Waals surface area contributed by atoms with Crippen LogP contribution in [0.4, 0.5) is 13.2 Å². The Balaban J connectivity index is 1.54. The molecular formula is C24H20F3N3O3S. The normalized spacial score (nSPS) is 11.4. The Morgan fingerprint density at radius 1 is 1.15 bits per heavy atom. The van der Waals surface area contributed by atoms with E-state index in [0.717, 1.165) is 12.1 Å². The Labute approximate surface area is 197 Å². The molecule has 0 fully saturated rings. The lowest BCUT2D eigenvalue weighted by molar-refractivity contribution is -0.137. The van der Waals surface area contributed by atoms with Gasteiger partial charge in [-0.1, -0.05) is 18.2 Å². The van der Waals surface area contributed by atoms with E-state index in [1.165, 1.54) is 22.2 Å². The first-order valence-electron chi connectivity index (χ1n) is 10.3. The maximum Gasteiger partial charge on any atom is 0.416 e. The average Bonchev–Trinajstić information content (AvgIpc) is 3.48. The van der Waals surface area contributed by atoms with E-state index in [2.05, 4.69) is 10.1 Å². The van der Waals surface area contributed by atoms with E-state index in [0.29, 0.717) is 33.1 Å². The average molecular weight is 488 g/mol. The van der Waals surface area contributed by atoms with Crippen LogP contribution in [-0.4, -0.2) is 27.3 Å². The number of hydrogen-bond donors (Lipinski definition) is 0. The van der Waals surface area contributed by atoms with Crippen LogP contribution in [0, 0.1) is 0 Å². The van der Waals surface area contributed by atoms with Crippen LogP contribution in [0.3, 0.4) is 0 Å². The largest absolute Gasteiger partial charge is 0.489 e. The third-order valence-corrected chi connectivity index (χ3v) is 5.59. The van der Waals surface area contributed by atoms with Gasteiger partial charge in [0.2, 0.25) is 0 Å². The topological polar surface area (TPSA) is 66.2 Å². The van der Waals surface area contributed by atoms with Gasteiger partial charge in [-0.2, -0.15) is 18.3 Å². The summed E-state index contributed by atoms with van der Waals surface area (Å²) in [5.74, 6) is 0.0987. The first-order valence-corrected chi connectivity index (χ1v) is 11.2. The minimum absolute atomic E-state index is 0.0121. The number of carbonyl (C=O) groups excluding carboxylic acids is 1. The first kappa shape index (κ1) is 23.5. The quantitative estimate of drug-likeness (QED) is 0.293. The van der Waals surface area contributed by atoms with Gasteiger partial charge in [-0.3, -0.25) is 4.68 Å². The van der Waals surface area contributed by atoms with Gasteiger partial charge in [0.15, 0.2) is 0 Å². The molecule has 0 amide bonds. The van der Waals surface area contributed by atoms with Crippen LogP contribution in [0.25, 0.3) is 11.3 Å². The van der Waals surface area contributed by atoms with E-state index >= 15 is 0 Å². The number of thiazole rings is 1. The summed E-state index contributed by atoms with van der Waals surface area (Å²) >= 11 is 1.30. The summed E-state index contributed by atoms with van der Waals surface area (Å²) in [7, 11) is 0. The molecule has 0 saturated heterocycles. The lowest BCUT2D eigenvalue weighted by Gasteiger charge is -2.12. The molecule has 0 N–H and O–H groups in total. The van der Waals surface area contributed by atoms with E-state index in [1.807, 2.05) is 6.07 Å². The van der Waals surface area contributed by atoms with Crippen LogP contribution in [0.15, 0.2) is 66.3 Å². The van der Waals surface area contributed by atoms with E-state index < -0.39 is 17.7 Å². The second-order valence-electron chi connectivity index (χ2n) is 7.29. The maximum absolute atomic E-state index is 13.5. The lowest BCUT2D eigenvalue weighted by atomic mass is 10.0. The zero-order valence-corrected chi connectivity index (χ0v) is 18.9. The number of hydrogen-bond acceptors (Lipinski definition) is 6. The van der Waals surface area contributed by atoms with Gasteiger partial charge in [-0.25, -0.2) is 9.78 Å². The summed E-state index contributed by atoms with van der Waals surface area (Å²) in [6, 6.07) is 12.7. The monoisotopic (exact) mass is 487 g/mol. The number of ether oxygens (including phenoxy) is 2. The van der Waals surface area contributed by atoms with Gasteiger partial charge in [-0.05, 0) is 42.8 Å². The SMILES string of the molecule is CCOC(=O)c1cnn(Cc2nc(-c3cc(COc4ccccc4)cc(C(F)(F)F)c3)cs2)c1. The van der Waals surface area contributed by atoms with Crippen LogP contribution < -0.4 is 4.74 Å². The third kappa shape index (κ3) is 5.82. The molecule has 0 spiro atoms. The Hall–Kier alpha value is -3.66. The summed E-state index contributed by atoms with van der Waals surface area (Å²) < 4.78 is 52.7. The van der Waals surface area contributed by atoms with Crippen LogP contribution in [-0.2, 0) is 24.1 Å². The fraction of sp³-hybridized carbons (Fsp3) is 0.208. The van der Waals surface area contributed by atoms with Crippen molar-refractivity contribution >= 4 is 17.3 Å². The molecular weight excluding hydrogens is 467 g/mol. The van der Waals surface area contributed by atoms with Crippen molar-refractivity contribution in [2.75, 3.05) is 6.61 Å². The minimum Gasteiger partial charge on any atom is -0.489 e. The van der Waals surface area contributed by atoms with Crippen molar-refractivity contribution in [1.29, 1.82) is 0 Å². The highest BCUT2D eigenvalue weighted by Crippen LogP contribution is 2.34. The number of carbonyl (C=O) groups is 1. The molecule has 0 saturated carbocycles. The van der Waals surface area contributed by atoms with Gasteiger partial charge in [0.1, 0.15) is 17.4 Å². The molecule has 0 aliphatic carbocycles. The molecule has 2 aromatic heterocycles. The van der Waals surface area contributed by atoms with Gasteiger partial charge >= 0.3 is 12.1 Å². The van der Waals surface area contributed by atoms with E-state index in [4.69, 9.17) is 9.47 Å². The Morgan fingerprint density at radius 2 is 1.94 bits per heavy atom. The molecule has 6 nitrogen and oxygen atoms in total. The van der Waals surface area contributed by atoms with E-state index in [1.54, 1.807) is 48.8 Å². The van der Waals surface area contributed by atoms with Crippen molar-refractivity contribution in [3.05, 3.63) is 88.0 Å². The second-order valence-corrected chi connectivity index (χ2v) is 8.23. The minimum atomic E-state index is -4.51. The predicted molar refractivity (Wildman–Crippen MR) is 121 cm³/mol. The van der Waals surface area contributed by atoms with Crippen molar-refractivity contribution in [3.63, 3.8) is 0 Å². The predicted octanol–water partition coefficient (Wildman–Crippen LogP) is 5.83. The highest BCUT2D eigenvalue weighted by molar-refractivity contribution is 7.09. The first-order chi connectivity index (χ1) is 16.3. The van der Waals surface area contributed by atoms with Crippen LogP contribution in [0.5, 0.6) is 5.75 Å². The smallest absolute Gasteiger partial charge is 0.416 e. The number of esters is 1. The lowest BCUT2D eigenvalue weighted by Crippen LogP contribution is -2.07. The standard InChI is InChI=1S/C24H20F3N3O3S/c1-2-32-23(31)18-11-28-30(12-18)13-22-29-21(15-34-22)17-8-16(9-19(10-17)24(25,26)27)14-33-20-6-4-3-5-7-20/h3-12,15H,2,13-14H2,1H3. The zero-order valence-electron chi connectivity index (χ0n) is 18.1. The van der Waals surface area contributed by atoms with E-state index in [-0.39, 0.29) is 19.8 Å². The number of aromatic nitrogens is 3. The number of alkyl halides is 3. The Bertz CT molecular complexity index is 1270. The molecule has 0 radical (unpaired) electrons. The number of nitrogens with zero attached hydrogens (tertiary/aromatic N) is 3. The summed E-state index contributed by atoms with van der Waals surface area (Å²) in [6.45, 7) is 2.23. The van der Waals surface area contributed by atoms with Crippen molar-refractivity contribution in [3.8, 4) is 17.0 Å². The fourth-order valence-corrected chi connectivity index (χ4v) is 3.99.